The summed E-state index contributed by atoms with van der Waals surface area (Å²) < 4.78 is 0. The third-order valence-corrected chi connectivity index (χ3v) is 2.25. The smallest absolute Gasteiger partial charge is 0.130 e. The van der Waals surface area contributed by atoms with Gasteiger partial charge in [-0.3, -0.25) is 0 Å². The predicted molar refractivity (Wildman–Crippen MR) is 46.6 cm³/mol. The lowest BCUT2D eigenvalue weighted by molar-refractivity contribution is 0.524. The maximum atomic E-state index is 5.72. The highest BCUT2D eigenvalue weighted by Crippen LogP contribution is 2.22. The summed E-state index contributed by atoms with van der Waals surface area (Å²) in [6, 6.07) is 0.305. The van der Waals surface area contributed by atoms with Crippen molar-refractivity contribution in [2.45, 2.75) is 19.4 Å². The van der Waals surface area contributed by atoms with Crippen LogP contribution >= 0.6 is 0 Å². The Balaban J connectivity index is 2.52. The number of hydrogen-bond donors (Lipinski definition) is 2. The summed E-state index contributed by atoms with van der Waals surface area (Å²) in [5, 5.41) is 3.32. The lowest BCUT2D eigenvalue weighted by atomic mass is 10.0. The molecule has 4 nitrogen and oxygen atoms in total. The molecular formula is C8H12N4. The number of nitrogens with two attached hydrogens (primary N) is 1. The Bertz CT molecular complexity index is 297. The van der Waals surface area contributed by atoms with E-state index in [2.05, 4.69) is 22.2 Å². The van der Waals surface area contributed by atoms with Gasteiger partial charge in [-0.15, -0.1) is 0 Å². The fourth-order valence-electron chi connectivity index (χ4n) is 1.58. The molecule has 3 N–H and O–H groups in total. The molecule has 0 aromatic carbocycles. The fraction of sp³-hybridized carbons (Fsp3) is 0.500. The van der Waals surface area contributed by atoms with Crippen LogP contribution in [0.3, 0.4) is 0 Å². The van der Waals surface area contributed by atoms with E-state index in [9.17, 15) is 0 Å². The molecule has 0 saturated carbocycles. The van der Waals surface area contributed by atoms with Gasteiger partial charge in [0.15, 0.2) is 0 Å². The van der Waals surface area contributed by atoms with Gasteiger partial charge in [0, 0.05) is 11.6 Å². The maximum Gasteiger partial charge on any atom is 0.130 e. The van der Waals surface area contributed by atoms with Crippen LogP contribution in [0, 0.1) is 0 Å². The Hall–Kier alpha value is -1.16. The molecular weight excluding hydrogens is 152 g/mol. The molecule has 4 heteroatoms. The van der Waals surface area contributed by atoms with Gasteiger partial charge < -0.3 is 11.1 Å². The van der Waals surface area contributed by atoms with Crippen molar-refractivity contribution in [3.8, 4) is 0 Å². The van der Waals surface area contributed by atoms with Crippen LogP contribution in [-0.4, -0.2) is 16.5 Å². The van der Waals surface area contributed by atoms with Gasteiger partial charge in [-0.2, -0.15) is 0 Å². The second kappa shape index (κ2) is 2.71. The maximum absolute atomic E-state index is 5.72. The van der Waals surface area contributed by atoms with E-state index in [0.717, 1.165) is 24.2 Å². The molecule has 64 valence electrons. The topological polar surface area (TPSA) is 63.8 Å². The van der Waals surface area contributed by atoms with Gasteiger partial charge in [0.25, 0.3) is 0 Å². The molecule has 1 unspecified atom stereocenters. The fourth-order valence-corrected chi connectivity index (χ4v) is 1.58. The minimum atomic E-state index is 0.305. The molecule has 1 aromatic heterocycles. The van der Waals surface area contributed by atoms with Crippen molar-refractivity contribution < 1.29 is 0 Å². The monoisotopic (exact) mass is 164 g/mol. The summed E-state index contributed by atoms with van der Waals surface area (Å²) in [5.74, 6) is 0.633. The molecule has 0 amide bonds. The molecule has 0 bridgehead atoms. The first kappa shape index (κ1) is 7.49. The largest absolute Gasteiger partial charge is 0.383 e. The third-order valence-electron chi connectivity index (χ3n) is 2.25. The molecule has 1 aliphatic heterocycles. The Morgan fingerprint density at radius 2 is 2.42 bits per heavy atom. The zero-order valence-electron chi connectivity index (χ0n) is 7.04. The minimum Gasteiger partial charge on any atom is -0.383 e. The SMILES string of the molecule is CC1NCCc2c(N)ncnc21. The van der Waals surface area contributed by atoms with E-state index in [0.29, 0.717) is 11.9 Å². The quantitative estimate of drug-likeness (QED) is 0.577. The van der Waals surface area contributed by atoms with Gasteiger partial charge in [0.05, 0.1) is 5.69 Å². The van der Waals surface area contributed by atoms with Gasteiger partial charge in [0.2, 0.25) is 0 Å². The van der Waals surface area contributed by atoms with Gasteiger partial charge in [-0.05, 0) is 19.9 Å². The average Bonchev–Trinajstić information content (AvgIpc) is 2.07. The normalized spacial score (nSPS) is 21.9. The first-order valence-electron chi connectivity index (χ1n) is 4.11. The van der Waals surface area contributed by atoms with E-state index < -0.39 is 0 Å². The molecule has 0 aliphatic carbocycles. The Morgan fingerprint density at radius 1 is 1.58 bits per heavy atom. The summed E-state index contributed by atoms with van der Waals surface area (Å²) in [7, 11) is 0. The number of hydrogen-bond acceptors (Lipinski definition) is 4. The first-order chi connectivity index (χ1) is 5.79. The van der Waals surface area contributed by atoms with Crippen molar-refractivity contribution in [1.82, 2.24) is 15.3 Å². The second-order valence-corrected chi connectivity index (χ2v) is 3.05. The highest BCUT2D eigenvalue weighted by molar-refractivity contribution is 5.43. The molecule has 0 radical (unpaired) electrons. The summed E-state index contributed by atoms with van der Waals surface area (Å²) >= 11 is 0. The van der Waals surface area contributed by atoms with Gasteiger partial charge in [-0.1, -0.05) is 0 Å². The molecule has 0 saturated heterocycles. The molecule has 2 rings (SSSR count). The van der Waals surface area contributed by atoms with E-state index in [1.807, 2.05) is 0 Å². The molecule has 0 fully saturated rings. The summed E-state index contributed by atoms with van der Waals surface area (Å²) in [5.41, 5.74) is 7.89. The van der Waals surface area contributed by atoms with E-state index in [1.54, 1.807) is 0 Å². The van der Waals surface area contributed by atoms with Crippen LogP contribution in [0.5, 0.6) is 0 Å². The van der Waals surface area contributed by atoms with Crippen LogP contribution in [0.1, 0.15) is 24.2 Å². The van der Waals surface area contributed by atoms with Crippen LogP contribution in [0.25, 0.3) is 0 Å². The van der Waals surface area contributed by atoms with E-state index in [4.69, 9.17) is 5.73 Å². The molecule has 12 heavy (non-hydrogen) atoms. The number of nitrogens with zero attached hydrogens (tertiary/aromatic N) is 2. The standard InChI is InChI=1S/C8H12N4/c1-5-7-6(2-3-10-5)8(9)12-4-11-7/h4-5,10H,2-3H2,1H3,(H2,9,11,12). The predicted octanol–water partition coefficient (Wildman–Crippen LogP) is 0.265. The molecule has 1 atom stereocenters. The van der Waals surface area contributed by atoms with Crippen molar-refractivity contribution in [3.63, 3.8) is 0 Å². The molecule has 1 aromatic rings. The zero-order chi connectivity index (χ0) is 8.55. The number of anilines is 1. The number of fused-ring (bicyclic) bond motifs is 1. The van der Waals surface area contributed by atoms with Crippen molar-refractivity contribution in [2.24, 2.45) is 0 Å². The van der Waals surface area contributed by atoms with E-state index in [1.165, 1.54) is 6.33 Å². The number of aromatic nitrogens is 2. The van der Waals surface area contributed by atoms with Crippen LogP contribution < -0.4 is 11.1 Å². The van der Waals surface area contributed by atoms with Crippen LogP contribution in [-0.2, 0) is 6.42 Å². The van der Waals surface area contributed by atoms with Crippen LogP contribution in [0.2, 0.25) is 0 Å². The number of nitrogen functional groups attached to an aromatic ring is 1. The Labute approximate surface area is 71.2 Å². The highest BCUT2D eigenvalue weighted by Gasteiger charge is 2.18. The molecule has 0 spiro atoms. The third kappa shape index (κ3) is 1.04. The van der Waals surface area contributed by atoms with Gasteiger partial charge in [-0.25, -0.2) is 9.97 Å². The van der Waals surface area contributed by atoms with Gasteiger partial charge in [0.1, 0.15) is 12.1 Å². The number of nitrogens with one attached hydrogen (secondary N) is 1. The van der Waals surface area contributed by atoms with Gasteiger partial charge >= 0.3 is 0 Å². The first-order valence-corrected chi connectivity index (χ1v) is 4.11. The summed E-state index contributed by atoms with van der Waals surface area (Å²) in [6.07, 6.45) is 2.46. The van der Waals surface area contributed by atoms with E-state index in [-0.39, 0.29) is 0 Å². The Morgan fingerprint density at radius 3 is 3.17 bits per heavy atom. The highest BCUT2D eigenvalue weighted by atomic mass is 15.0. The lowest BCUT2D eigenvalue weighted by Gasteiger charge is -2.22. The summed E-state index contributed by atoms with van der Waals surface area (Å²) in [4.78, 5) is 8.17. The molecule has 1 aliphatic rings. The minimum absolute atomic E-state index is 0.305. The Kier molecular flexibility index (Phi) is 1.69. The van der Waals surface area contributed by atoms with Crippen molar-refractivity contribution in [3.05, 3.63) is 17.6 Å². The average molecular weight is 164 g/mol. The van der Waals surface area contributed by atoms with Crippen molar-refractivity contribution in [2.75, 3.05) is 12.3 Å². The van der Waals surface area contributed by atoms with Crippen LogP contribution in [0.4, 0.5) is 5.82 Å². The molecule has 2 heterocycles. The van der Waals surface area contributed by atoms with Crippen molar-refractivity contribution >= 4 is 5.82 Å². The lowest BCUT2D eigenvalue weighted by Crippen LogP contribution is -2.29. The van der Waals surface area contributed by atoms with Crippen molar-refractivity contribution in [1.29, 1.82) is 0 Å². The number of rotatable bonds is 0. The van der Waals surface area contributed by atoms with E-state index >= 15 is 0 Å². The summed E-state index contributed by atoms with van der Waals surface area (Å²) in [6.45, 7) is 3.05. The van der Waals surface area contributed by atoms with Crippen LogP contribution in [0.15, 0.2) is 6.33 Å². The zero-order valence-corrected chi connectivity index (χ0v) is 7.04. The second-order valence-electron chi connectivity index (χ2n) is 3.05.